The van der Waals surface area contributed by atoms with E-state index in [0.29, 0.717) is 0 Å². The number of carbonyl (C=O) groups is 1. The molecule has 146 valence electrons. The SMILES string of the molecule is Cc1cccc(N2CCN(C(=O)c3cc4cc5ccccc5nc4s3)CC2)c1C. The lowest BCUT2D eigenvalue weighted by Gasteiger charge is -2.36. The van der Waals surface area contributed by atoms with Crippen LogP contribution in [-0.4, -0.2) is 42.0 Å². The largest absolute Gasteiger partial charge is 0.368 e. The smallest absolute Gasteiger partial charge is 0.264 e. The number of thiophene rings is 1. The number of benzene rings is 2. The highest BCUT2D eigenvalue weighted by molar-refractivity contribution is 7.20. The van der Waals surface area contributed by atoms with Gasteiger partial charge in [-0.3, -0.25) is 4.79 Å². The number of amides is 1. The van der Waals surface area contributed by atoms with Crippen LogP contribution in [0.2, 0.25) is 0 Å². The van der Waals surface area contributed by atoms with Gasteiger partial charge >= 0.3 is 0 Å². The van der Waals surface area contributed by atoms with Crippen molar-refractivity contribution < 1.29 is 4.79 Å². The molecule has 0 atom stereocenters. The molecule has 4 aromatic rings. The summed E-state index contributed by atoms with van der Waals surface area (Å²) >= 11 is 1.50. The Morgan fingerprint density at radius 3 is 2.55 bits per heavy atom. The molecule has 3 heterocycles. The van der Waals surface area contributed by atoms with E-state index in [1.807, 2.05) is 29.2 Å². The number of hydrogen-bond acceptors (Lipinski definition) is 4. The predicted octanol–water partition coefficient (Wildman–Crippen LogP) is 5.03. The van der Waals surface area contributed by atoms with Crippen molar-refractivity contribution in [3.63, 3.8) is 0 Å². The molecule has 1 aliphatic heterocycles. The molecule has 0 N–H and O–H groups in total. The van der Waals surface area contributed by atoms with Crippen LogP contribution in [0.4, 0.5) is 5.69 Å². The summed E-state index contributed by atoms with van der Waals surface area (Å²) in [5.74, 6) is 0.123. The van der Waals surface area contributed by atoms with Crippen LogP contribution >= 0.6 is 11.3 Å². The number of para-hydroxylation sites is 1. The van der Waals surface area contributed by atoms with Crippen LogP contribution in [0.1, 0.15) is 20.8 Å². The molecule has 0 radical (unpaired) electrons. The van der Waals surface area contributed by atoms with E-state index >= 15 is 0 Å². The van der Waals surface area contributed by atoms with Crippen LogP contribution in [-0.2, 0) is 0 Å². The second-order valence-electron chi connectivity index (χ2n) is 7.68. The third-order valence-electron chi connectivity index (χ3n) is 5.90. The summed E-state index contributed by atoms with van der Waals surface area (Å²) in [6.45, 7) is 7.55. The zero-order valence-electron chi connectivity index (χ0n) is 16.7. The van der Waals surface area contributed by atoms with Gasteiger partial charge in [0.05, 0.1) is 10.4 Å². The Bertz CT molecular complexity index is 1170. The minimum Gasteiger partial charge on any atom is -0.368 e. The van der Waals surface area contributed by atoms with Crippen LogP contribution in [0, 0.1) is 13.8 Å². The maximum atomic E-state index is 13.1. The van der Waals surface area contributed by atoms with Gasteiger partial charge in [0.15, 0.2) is 0 Å². The fourth-order valence-electron chi connectivity index (χ4n) is 4.06. The number of rotatable bonds is 2. The number of hydrogen-bond donors (Lipinski definition) is 0. The number of anilines is 1. The van der Waals surface area contributed by atoms with Crippen molar-refractivity contribution >= 4 is 44.1 Å². The monoisotopic (exact) mass is 401 g/mol. The highest BCUT2D eigenvalue weighted by Crippen LogP contribution is 2.29. The molecule has 0 aliphatic carbocycles. The Balaban J connectivity index is 1.35. The number of aryl methyl sites for hydroxylation is 1. The maximum absolute atomic E-state index is 13.1. The van der Waals surface area contributed by atoms with Crippen LogP contribution in [0.25, 0.3) is 21.1 Å². The molecule has 0 bridgehead atoms. The lowest BCUT2D eigenvalue weighted by molar-refractivity contribution is 0.0751. The predicted molar refractivity (Wildman–Crippen MR) is 121 cm³/mol. The van der Waals surface area contributed by atoms with Crippen molar-refractivity contribution in [1.82, 2.24) is 9.88 Å². The van der Waals surface area contributed by atoms with E-state index in [1.165, 1.54) is 28.2 Å². The van der Waals surface area contributed by atoms with Crippen molar-refractivity contribution in [2.75, 3.05) is 31.1 Å². The van der Waals surface area contributed by atoms with Crippen LogP contribution in [0.5, 0.6) is 0 Å². The van der Waals surface area contributed by atoms with Gasteiger partial charge in [0.1, 0.15) is 4.83 Å². The Kier molecular flexibility index (Phi) is 4.47. The summed E-state index contributed by atoms with van der Waals surface area (Å²) in [6, 6.07) is 18.7. The number of aromatic nitrogens is 1. The zero-order chi connectivity index (χ0) is 20.0. The topological polar surface area (TPSA) is 36.4 Å². The highest BCUT2D eigenvalue weighted by Gasteiger charge is 2.24. The lowest BCUT2D eigenvalue weighted by Crippen LogP contribution is -2.48. The molecule has 5 rings (SSSR count). The summed E-state index contributed by atoms with van der Waals surface area (Å²) in [7, 11) is 0. The van der Waals surface area contributed by atoms with Crippen molar-refractivity contribution in [3.05, 3.63) is 70.6 Å². The minimum atomic E-state index is 0.123. The molecule has 29 heavy (non-hydrogen) atoms. The van der Waals surface area contributed by atoms with Crippen molar-refractivity contribution in [3.8, 4) is 0 Å². The second kappa shape index (κ2) is 7.16. The first-order valence-electron chi connectivity index (χ1n) is 10.00. The van der Waals surface area contributed by atoms with Gasteiger partial charge in [-0.05, 0) is 49.2 Å². The van der Waals surface area contributed by atoms with Crippen molar-refractivity contribution in [2.24, 2.45) is 0 Å². The summed E-state index contributed by atoms with van der Waals surface area (Å²) in [4.78, 5) is 23.9. The third-order valence-corrected chi connectivity index (χ3v) is 6.94. The molecule has 1 aliphatic rings. The van der Waals surface area contributed by atoms with Crippen LogP contribution < -0.4 is 4.90 Å². The normalized spacial score (nSPS) is 14.7. The maximum Gasteiger partial charge on any atom is 0.264 e. The first-order chi connectivity index (χ1) is 14.1. The third kappa shape index (κ3) is 3.25. The standard InChI is InChI=1S/C24H23N3OS/c1-16-6-5-9-21(17(16)2)26-10-12-27(13-11-26)24(28)22-15-19-14-18-7-3-4-8-20(18)25-23(19)29-22/h3-9,14-15H,10-13H2,1-2H3. The highest BCUT2D eigenvalue weighted by atomic mass is 32.1. The fraction of sp³-hybridized carbons (Fsp3) is 0.250. The first kappa shape index (κ1) is 18.1. The molecular formula is C24H23N3OS. The number of carbonyl (C=O) groups excluding carboxylic acids is 1. The molecule has 5 heteroatoms. The van der Waals surface area contributed by atoms with E-state index in [4.69, 9.17) is 4.98 Å². The van der Waals surface area contributed by atoms with E-state index in [2.05, 4.69) is 49.1 Å². The first-order valence-corrected chi connectivity index (χ1v) is 10.8. The van der Waals surface area contributed by atoms with Gasteiger partial charge in [-0.1, -0.05) is 30.3 Å². The van der Waals surface area contributed by atoms with Crippen LogP contribution in [0.3, 0.4) is 0 Å². The molecule has 0 saturated carbocycles. The van der Waals surface area contributed by atoms with Crippen LogP contribution in [0.15, 0.2) is 54.6 Å². The van der Waals surface area contributed by atoms with E-state index in [0.717, 1.165) is 52.2 Å². The van der Waals surface area contributed by atoms with Gasteiger partial charge in [0, 0.05) is 42.6 Å². The lowest BCUT2D eigenvalue weighted by atomic mass is 10.1. The minimum absolute atomic E-state index is 0.123. The number of pyridine rings is 1. The van der Waals surface area contributed by atoms with E-state index in [-0.39, 0.29) is 5.91 Å². The molecule has 0 unspecified atom stereocenters. The van der Waals surface area contributed by atoms with Gasteiger partial charge < -0.3 is 9.80 Å². The molecular weight excluding hydrogens is 378 g/mol. The Morgan fingerprint density at radius 1 is 0.931 bits per heavy atom. The van der Waals surface area contributed by atoms with Crippen molar-refractivity contribution in [1.29, 1.82) is 0 Å². The molecule has 1 amide bonds. The van der Waals surface area contributed by atoms with Gasteiger partial charge in [0.25, 0.3) is 5.91 Å². The number of fused-ring (bicyclic) bond motifs is 2. The molecule has 0 spiro atoms. The number of nitrogens with zero attached hydrogens (tertiary/aromatic N) is 3. The second-order valence-corrected chi connectivity index (χ2v) is 8.72. The summed E-state index contributed by atoms with van der Waals surface area (Å²) in [5, 5.41) is 2.16. The van der Waals surface area contributed by atoms with E-state index in [1.54, 1.807) is 0 Å². The van der Waals surface area contributed by atoms with E-state index < -0.39 is 0 Å². The Labute approximate surface area is 174 Å². The summed E-state index contributed by atoms with van der Waals surface area (Å²) in [6.07, 6.45) is 0. The van der Waals surface area contributed by atoms with Gasteiger partial charge in [-0.2, -0.15) is 0 Å². The summed E-state index contributed by atoms with van der Waals surface area (Å²) < 4.78 is 0. The van der Waals surface area contributed by atoms with Gasteiger partial charge in [-0.25, -0.2) is 4.98 Å². The average Bonchev–Trinajstić information content (AvgIpc) is 3.16. The molecule has 2 aromatic carbocycles. The average molecular weight is 402 g/mol. The Hall–Kier alpha value is -2.92. The summed E-state index contributed by atoms with van der Waals surface area (Å²) in [5.41, 5.74) is 4.90. The van der Waals surface area contributed by atoms with Gasteiger partial charge in [0.2, 0.25) is 0 Å². The molecule has 4 nitrogen and oxygen atoms in total. The quantitative estimate of drug-likeness (QED) is 0.473. The molecule has 1 fully saturated rings. The molecule has 2 aromatic heterocycles. The van der Waals surface area contributed by atoms with Gasteiger partial charge in [-0.15, -0.1) is 11.3 Å². The Morgan fingerprint density at radius 2 is 1.72 bits per heavy atom. The fourth-order valence-corrected chi connectivity index (χ4v) is 5.05. The van der Waals surface area contributed by atoms with Crippen molar-refractivity contribution in [2.45, 2.75) is 13.8 Å². The zero-order valence-corrected chi connectivity index (χ0v) is 17.5. The number of piperazine rings is 1. The van der Waals surface area contributed by atoms with E-state index in [9.17, 15) is 4.79 Å². The molecule has 1 saturated heterocycles.